The van der Waals surface area contributed by atoms with Gasteiger partial charge in [0.15, 0.2) is 0 Å². The number of rotatable bonds is 2. The van der Waals surface area contributed by atoms with Crippen molar-refractivity contribution in [2.75, 3.05) is 13.1 Å². The molecule has 2 aromatic rings. The van der Waals surface area contributed by atoms with E-state index in [0.29, 0.717) is 42.9 Å². The van der Waals surface area contributed by atoms with Crippen LogP contribution in [0.15, 0.2) is 36.4 Å². The van der Waals surface area contributed by atoms with Crippen LogP contribution in [-0.2, 0) is 9.53 Å². The molecule has 0 saturated carbocycles. The number of nitrogens with zero attached hydrogens (tertiary/aromatic N) is 1. The lowest BCUT2D eigenvalue weighted by Crippen LogP contribution is -2.53. The molecule has 1 atom stereocenters. The molecule has 2 heterocycles. The quantitative estimate of drug-likeness (QED) is 0.879. The molecule has 0 radical (unpaired) electrons. The number of piperidine rings is 1. The number of halogens is 1. The fourth-order valence-electron chi connectivity index (χ4n) is 3.78. The van der Waals surface area contributed by atoms with Gasteiger partial charge in [-0.2, -0.15) is 0 Å². The van der Waals surface area contributed by atoms with E-state index < -0.39 is 5.72 Å². The molecular weight excluding hydrogens is 352 g/mol. The van der Waals surface area contributed by atoms with Crippen molar-refractivity contribution in [3.05, 3.63) is 47.0 Å². The normalized spacial score (nSPS) is 22.0. The van der Waals surface area contributed by atoms with Crippen LogP contribution in [-0.4, -0.2) is 41.6 Å². The van der Waals surface area contributed by atoms with Crippen LogP contribution in [0.2, 0.25) is 5.02 Å². The number of benzene rings is 2. The lowest BCUT2D eigenvalue weighted by atomic mass is 9.99. The summed E-state index contributed by atoms with van der Waals surface area (Å²) in [5, 5.41) is 5.67. The maximum Gasteiger partial charge on any atom is 0.253 e. The molecule has 0 aromatic heterocycles. The minimum atomic E-state index is -0.603. The molecule has 5 nitrogen and oxygen atoms in total. The minimum absolute atomic E-state index is 0.00747. The first-order chi connectivity index (χ1) is 12.5. The predicted molar refractivity (Wildman–Crippen MR) is 100 cm³/mol. The standard InChI is InChI=1S/C20H21ClN2O3/c1-2-17-18(24)22-20(26-17)7-9-23(10-8-20)19(25)15-4-3-14-12-16(21)6-5-13(14)11-15/h3-6,11-12,17H,2,7-10H2,1H3,(H,22,24). The molecule has 2 aliphatic heterocycles. The van der Waals surface area contributed by atoms with E-state index in [1.807, 2.05) is 48.2 Å². The van der Waals surface area contributed by atoms with Crippen molar-refractivity contribution < 1.29 is 14.3 Å². The third kappa shape index (κ3) is 3.06. The van der Waals surface area contributed by atoms with Crippen LogP contribution in [0.25, 0.3) is 10.8 Å². The summed E-state index contributed by atoms with van der Waals surface area (Å²) in [6, 6.07) is 11.3. The Hall–Kier alpha value is -2.11. The summed E-state index contributed by atoms with van der Waals surface area (Å²) in [5.41, 5.74) is 0.0628. The van der Waals surface area contributed by atoms with E-state index >= 15 is 0 Å². The Balaban J connectivity index is 1.47. The van der Waals surface area contributed by atoms with E-state index in [-0.39, 0.29) is 17.9 Å². The molecule has 1 unspecified atom stereocenters. The molecule has 136 valence electrons. The van der Waals surface area contributed by atoms with Crippen LogP contribution in [0.1, 0.15) is 36.5 Å². The van der Waals surface area contributed by atoms with Gasteiger partial charge in [-0.25, -0.2) is 0 Å². The molecule has 1 spiro atoms. The highest BCUT2D eigenvalue weighted by Crippen LogP contribution is 2.31. The van der Waals surface area contributed by atoms with Crippen molar-refractivity contribution in [1.29, 1.82) is 0 Å². The summed E-state index contributed by atoms with van der Waals surface area (Å²) in [5.74, 6) is -0.0338. The summed E-state index contributed by atoms with van der Waals surface area (Å²) >= 11 is 6.02. The molecule has 4 rings (SSSR count). The first-order valence-electron chi connectivity index (χ1n) is 8.98. The zero-order valence-electron chi connectivity index (χ0n) is 14.6. The molecular formula is C20H21ClN2O3. The third-order valence-corrected chi connectivity index (χ3v) is 5.52. The molecule has 2 saturated heterocycles. The maximum absolute atomic E-state index is 12.9. The monoisotopic (exact) mass is 372 g/mol. The third-order valence-electron chi connectivity index (χ3n) is 5.29. The molecule has 2 aromatic carbocycles. The summed E-state index contributed by atoms with van der Waals surface area (Å²) < 4.78 is 5.94. The Morgan fingerprint density at radius 3 is 2.62 bits per heavy atom. The first-order valence-corrected chi connectivity index (χ1v) is 9.36. The number of hydrogen-bond donors (Lipinski definition) is 1. The van der Waals surface area contributed by atoms with E-state index in [1.165, 1.54) is 0 Å². The van der Waals surface area contributed by atoms with Gasteiger partial charge in [-0.3, -0.25) is 9.59 Å². The second-order valence-corrected chi connectivity index (χ2v) is 7.43. The summed E-state index contributed by atoms with van der Waals surface area (Å²) in [4.78, 5) is 26.6. The average molecular weight is 373 g/mol. The van der Waals surface area contributed by atoms with Gasteiger partial charge in [0.2, 0.25) is 0 Å². The molecule has 26 heavy (non-hydrogen) atoms. The van der Waals surface area contributed by atoms with Crippen molar-refractivity contribution >= 4 is 34.2 Å². The van der Waals surface area contributed by atoms with E-state index in [1.54, 1.807) is 0 Å². The summed E-state index contributed by atoms with van der Waals surface area (Å²) in [7, 11) is 0. The van der Waals surface area contributed by atoms with Crippen molar-refractivity contribution in [3.63, 3.8) is 0 Å². The fraction of sp³-hybridized carbons (Fsp3) is 0.400. The van der Waals surface area contributed by atoms with E-state index in [2.05, 4.69) is 5.32 Å². The van der Waals surface area contributed by atoms with E-state index in [0.717, 1.165) is 10.8 Å². The number of hydrogen-bond acceptors (Lipinski definition) is 3. The number of nitrogens with one attached hydrogen (secondary N) is 1. The molecule has 2 aliphatic rings. The number of likely N-dealkylation sites (tertiary alicyclic amines) is 1. The predicted octanol–water partition coefficient (Wildman–Crippen LogP) is 3.35. The number of fused-ring (bicyclic) bond motifs is 1. The van der Waals surface area contributed by atoms with Crippen LogP contribution in [0.3, 0.4) is 0 Å². The van der Waals surface area contributed by atoms with Gasteiger partial charge in [-0.1, -0.05) is 30.7 Å². The Morgan fingerprint density at radius 2 is 1.92 bits per heavy atom. The van der Waals surface area contributed by atoms with Crippen LogP contribution in [0.5, 0.6) is 0 Å². The molecule has 0 bridgehead atoms. The SMILES string of the molecule is CCC1OC2(CCN(C(=O)c3ccc4cc(Cl)ccc4c3)CC2)NC1=O. The van der Waals surface area contributed by atoms with Gasteiger partial charge < -0.3 is 15.0 Å². The zero-order chi connectivity index (χ0) is 18.3. The Labute approximate surface area is 157 Å². The van der Waals surface area contributed by atoms with Crippen molar-refractivity contribution in [3.8, 4) is 0 Å². The van der Waals surface area contributed by atoms with Gasteiger partial charge in [-0.05, 0) is 41.5 Å². The van der Waals surface area contributed by atoms with Crippen LogP contribution < -0.4 is 5.32 Å². The van der Waals surface area contributed by atoms with Gasteiger partial charge in [0.1, 0.15) is 11.8 Å². The summed E-state index contributed by atoms with van der Waals surface area (Å²) in [6.07, 6.45) is 1.52. The van der Waals surface area contributed by atoms with E-state index in [4.69, 9.17) is 16.3 Å². The molecule has 2 amide bonds. The second kappa shape index (κ2) is 6.56. The molecule has 1 N–H and O–H groups in total. The topological polar surface area (TPSA) is 58.6 Å². The number of ether oxygens (including phenoxy) is 1. The highest BCUT2D eigenvalue weighted by Gasteiger charge is 2.46. The van der Waals surface area contributed by atoms with Gasteiger partial charge in [0, 0.05) is 36.5 Å². The first kappa shape index (κ1) is 17.3. The Bertz CT molecular complexity index is 874. The lowest BCUT2D eigenvalue weighted by Gasteiger charge is -2.38. The number of carbonyl (C=O) groups is 2. The smallest absolute Gasteiger partial charge is 0.253 e. The maximum atomic E-state index is 12.9. The molecule has 0 aliphatic carbocycles. The van der Waals surface area contributed by atoms with Gasteiger partial charge in [0.25, 0.3) is 11.8 Å². The second-order valence-electron chi connectivity index (χ2n) is 7.00. The average Bonchev–Trinajstić information content (AvgIpc) is 2.96. The van der Waals surface area contributed by atoms with Gasteiger partial charge in [0.05, 0.1) is 0 Å². The van der Waals surface area contributed by atoms with Crippen molar-refractivity contribution in [2.24, 2.45) is 0 Å². The Kier molecular flexibility index (Phi) is 4.37. The highest BCUT2D eigenvalue weighted by atomic mass is 35.5. The van der Waals surface area contributed by atoms with Crippen LogP contribution >= 0.6 is 11.6 Å². The largest absolute Gasteiger partial charge is 0.343 e. The van der Waals surface area contributed by atoms with Crippen molar-refractivity contribution in [2.45, 2.75) is 38.0 Å². The number of amides is 2. The molecule has 2 fully saturated rings. The highest BCUT2D eigenvalue weighted by molar-refractivity contribution is 6.31. The molecule has 6 heteroatoms. The number of carbonyl (C=O) groups excluding carboxylic acids is 2. The minimum Gasteiger partial charge on any atom is -0.343 e. The van der Waals surface area contributed by atoms with Crippen molar-refractivity contribution in [1.82, 2.24) is 10.2 Å². The van der Waals surface area contributed by atoms with Gasteiger partial charge in [-0.15, -0.1) is 0 Å². The van der Waals surface area contributed by atoms with Crippen LogP contribution in [0.4, 0.5) is 0 Å². The van der Waals surface area contributed by atoms with Crippen LogP contribution in [0, 0.1) is 0 Å². The zero-order valence-corrected chi connectivity index (χ0v) is 15.4. The fourth-order valence-corrected chi connectivity index (χ4v) is 3.96. The van der Waals surface area contributed by atoms with Gasteiger partial charge >= 0.3 is 0 Å². The Morgan fingerprint density at radius 1 is 1.23 bits per heavy atom. The summed E-state index contributed by atoms with van der Waals surface area (Å²) in [6.45, 7) is 3.07. The van der Waals surface area contributed by atoms with E-state index in [9.17, 15) is 9.59 Å². The lowest BCUT2D eigenvalue weighted by molar-refractivity contribution is -0.124.